The first-order chi connectivity index (χ1) is 7.08. The fourth-order valence-electron chi connectivity index (χ4n) is 1.14. The molecule has 0 aromatic carbocycles. The van der Waals surface area contributed by atoms with Gasteiger partial charge in [-0.2, -0.15) is 4.98 Å². The Morgan fingerprint density at radius 2 is 2.13 bits per heavy atom. The average Bonchev–Trinajstić information content (AvgIpc) is 2.10. The summed E-state index contributed by atoms with van der Waals surface area (Å²) in [6.07, 6.45) is 0.966. The number of hydrogen-bond donors (Lipinski definition) is 0. The number of aromatic nitrogens is 2. The standard InChI is InChI=1S/C10H16ClN3O/c1-8-12-9(11)7-10(13-8)15-6-4-5-14(2)3/h7H,4-6H2,1-3H3. The lowest BCUT2D eigenvalue weighted by atomic mass is 10.4. The highest BCUT2D eigenvalue weighted by atomic mass is 35.5. The van der Waals surface area contributed by atoms with E-state index >= 15 is 0 Å². The van der Waals surface area contributed by atoms with Crippen molar-refractivity contribution in [3.8, 4) is 5.88 Å². The Morgan fingerprint density at radius 1 is 1.40 bits per heavy atom. The van der Waals surface area contributed by atoms with Crippen molar-refractivity contribution in [3.05, 3.63) is 17.0 Å². The fourth-order valence-corrected chi connectivity index (χ4v) is 1.35. The van der Waals surface area contributed by atoms with E-state index in [0.29, 0.717) is 23.5 Å². The number of aryl methyl sites for hydroxylation is 1. The van der Waals surface area contributed by atoms with E-state index in [-0.39, 0.29) is 0 Å². The molecule has 0 fully saturated rings. The lowest BCUT2D eigenvalue weighted by Gasteiger charge is -2.10. The summed E-state index contributed by atoms with van der Waals surface area (Å²) in [6.45, 7) is 3.43. The molecule has 5 heteroatoms. The maximum absolute atomic E-state index is 5.77. The van der Waals surface area contributed by atoms with E-state index in [9.17, 15) is 0 Å². The zero-order valence-corrected chi connectivity index (χ0v) is 10.1. The van der Waals surface area contributed by atoms with Gasteiger partial charge in [0, 0.05) is 12.6 Å². The molecular weight excluding hydrogens is 214 g/mol. The lowest BCUT2D eigenvalue weighted by molar-refractivity contribution is 0.272. The largest absolute Gasteiger partial charge is 0.477 e. The van der Waals surface area contributed by atoms with Crippen molar-refractivity contribution < 1.29 is 4.74 Å². The Bertz CT molecular complexity index is 297. The van der Waals surface area contributed by atoms with E-state index in [1.54, 1.807) is 13.0 Å². The summed E-state index contributed by atoms with van der Waals surface area (Å²) in [4.78, 5) is 10.2. The maximum atomic E-state index is 5.77. The maximum Gasteiger partial charge on any atom is 0.218 e. The minimum atomic E-state index is 0.421. The van der Waals surface area contributed by atoms with Crippen molar-refractivity contribution in [1.82, 2.24) is 14.9 Å². The molecule has 1 aromatic rings. The van der Waals surface area contributed by atoms with E-state index in [1.807, 2.05) is 14.1 Å². The Balaban J connectivity index is 2.37. The van der Waals surface area contributed by atoms with E-state index in [4.69, 9.17) is 16.3 Å². The molecule has 0 aliphatic heterocycles. The van der Waals surface area contributed by atoms with Crippen molar-refractivity contribution in [2.24, 2.45) is 0 Å². The highest BCUT2D eigenvalue weighted by molar-refractivity contribution is 6.29. The lowest BCUT2D eigenvalue weighted by Crippen LogP contribution is -2.15. The van der Waals surface area contributed by atoms with E-state index in [1.165, 1.54) is 0 Å². The molecule has 84 valence electrons. The molecule has 0 N–H and O–H groups in total. The van der Waals surface area contributed by atoms with Gasteiger partial charge in [0.2, 0.25) is 5.88 Å². The van der Waals surface area contributed by atoms with Crippen molar-refractivity contribution in [2.45, 2.75) is 13.3 Å². The molecule has 0 atom stereocenters. The Hall–Kier alpha value is -0.870. The van der Waals surface area contributed by atoms with Gasteiger partial charge in [-0.1, -0.05) is 11.6 Å². The van der Waals surface area contributed by atoms with Crippen LogP contribution in [0.2, 0.25) is 5.15 Å². The van der Waals surface area contributed by atoms with Crippen LogP contribution in [0.1, 0.15) is 12.2 Å². The first kappa shape index (κ1) is 12.2. The van der Waals surface area contributed by atoms with Crippen molar-refractivity contribution in [2.75, 3.05) is 27.2 Å². The Labute approximate surface area is 95.2 Å². The van der Waals surface area contributed by atoms with Gasteiger partial charge in [0.15, 0.2) is 0 Å². The van der Waals surface area contributed by atoms with Crippen LogP contribution in [0.25, 0.3) is 0 Å². The molecule has 0 saturated heterocycles. The van der Waals surface area contributed by atoms with Gasteiger partial charge in [0.05, 0.1) is 6.61 Å². The van der Waals surface area contributed by atoms with Crippen LogP contribution in [0.15, 0.2) is 6.07 Å². The predicted molar refractivity (Wildman–Crippen MR) is 60.4 cm³/mol. The molecule has 1 aromatic heterocycles. The van der Waals surface area contributed by atoms with Gasteiger partial charge in [0.25, 0.3) is 0 Å². The monoisotopic (exact) mass is 229 g/mol. The van der Waals surface area contributed by atoms with Crippen LogP contribution in [-0.4, -0.2) is 42.1 Å². The van der Waals surface area contributed by atoms with Gasteiger partial charge < -0.3 is 9.64 Å². The highest BCUT2D eigenvalue weighted by Crippen LogP contribution is 2.13. The zero-order valence-electron chi connectivity index (χ0n) is 9.33. The molecule has 15 heavy (non-hydrogen) atoms. The van der Waals surface area contributed by atoms with Gasteiger partial charge in [-0.3, -0.25) is 0 Å². The van der Waals surface area contributed by atoms with Gasteiger partial charge in [0.1, 0.15) is 11.0 Å². The quantitative estimate of drug-likeness (QED) is 0.570. The summed E-state index contributed by atoms with van der Waals surface area (Å²) in [5.74, 6) is 1.18. The predicted octanol–water partition coefficient (Wildman–Crippen LogP) is 1.77. The normalized spacial score (nSPS) is 10.7. The third-order valence-corrected chi connectivity index (χ3v) is 1.98. The first-order valence-electron chi connectivity index (χ1n) is 4.86. The second kappa shape index (κ2) is 5.88. The first-order valence-corrected chi connectivity index (χ1v) is 5.24. The average molecular weight is 230 g/mol. The van der Waals surface area contributed by atoms with Crippen molar-refractivity contribution in [1.29, 1.82) is 0 Å². The third-order valence-electron chi connectivity index (χ3n) is 1.78. The van der Waals surface area contributed by atoms with Crippen LogP contribution in [0, 0.1) is 6.92 Å². The molecule has 4 nitrogen and oxygen atoms in total. The molecule has 0 saturated carbocycles. The second-order valence-electron chi connectivity index (χ2n) is 3.58. The number of nitrogens with zero attached hydrogens (tertiary/aromatic N) is 3. The number of halogens is 1. The van der Waals surface area contributed by atoms with E-state index in [2.05, 4.69) is 14.9 Å². The molecule has 0 radical (unpaired) electrons. The van der Waals surface area contributed by atoms with Gasteiger partial charge in [-0.15, -0.1) is 0 Å². The summed E-state index contributed by atoms with van der Waals surface area (Å²) in [5.41, 5.74) is 0. The Morgan fingerprint density at radius 3 is 2.73 bits per heavy atom. The molecule has 0 unspecified atom stereocenters. The fraction of sp³-hybridized carbons (Fsp3) is 0.600. The van der Waals surface area contributed by atoms with Crippen LogP contribution in [0.5, 0.6) is 5.88 Å². The summed E-state index contributed by atoms with van der Waals surface area (Å²) in [7, 11) is 4.07. The van der Waals surface area contributed by atoms with Crippen molar-refractivity contribution in [3.63, 3.8) is 0 Å². The van der Waals surface area contributed by atoms with Crippen LogP contribution in [0.3, 0.4) is 0 Å². The molecule has 1 heterocycles. The summed E-state index contributed by atoms with van der Waals surface area (Å²) in [5, 5.41) is 0.421. The molecule has 0 spiro atoms. The molecule has 0 aliphatic carbocycles. The molecule has 0 aliphatic rings. The molecule has 0 bridgehead atoms. The topological polar surface area (TPSA) is 38.2 Å². The van der Waals surface area contributed by atoms with Gasteiger partial charge >= 0.3 is 0 Å². The SMILES string of the molecule is Cc1nc(Cl)cc(OCCCN(C)C)n1. The van der Waals surface area contributed by atoms with Gasteiger partial charge in [-0.25, -0.2) is 4.98 Å². The van der Waals surface area contributed by atoms with Crippen molar-refractivity contribution >= 4 is 11.6 Å². The smallest absolute Gasteiger partial charge is 0.218 e. The van der Waals surface area contributed by atoms with E-state index < -0.39 is 0 Å². The molecular formula is C10H16ClN3O. The number of ether oxygens (including phenoxy) is 1. The van der Waals surface area contributed by atoms with Crippen LogP contribution < -0.4 is 4.74 Å². The third kappa shape index (κ3) is 4.95. The summed E-state index contributed by atoms with van der Waals surface area (Å²) < 4.78 is 5.46. The van der Waals surface area contributed by atoms with Crippen LogP contribution in [0.4, 0.5) is 0 Å². The van der Waals surface area contributed by atoms with Crippen LogP contribution >= 0.6 is 11.6 Å². The van der Waals surface area contributed by atoms with Gasteiger partial charge in [-0.05, 0) is 27.4 Å². The second-order valence-corrected chi connectivity index (χ2v) is 3.97. The zero-order chi connectivity index (χ0) is 11.3. The minimum absolute atomic E-state index is 0.421. The minimum Gasteiger partial charge on any atom is -0.477 e. The molecule has 1 rings (SSSR count). The Kier molecular flexibility index (Phi) is 4.78. The number of hydrogen-bond acceptors (Lipinski definition) is 4. The summed E-state index contributed by atoms with van der Waals surface area (Å²) in [6, 6.07) is 1.63. The van der Waals surface area contributed by atoms with E-state index in [0.717, 1.165) is 13.0 Å². The van der Waals surface area contributed by atoms with Crippen LogP contribution in [-0.2, 0) is 0 Å². The summed E-state index contributed by atoms with van der Waals surface area (Å²) >= 11 is 5.77. The molecule has 0 amide bonds. The number of rotatable bonds is 5. The highest BCUT2D eigenvalue weighted by Gasteiger charge is 2.00.